The van der Waals surface area contributed by atoms with Crippen LogP contribution >= 0.6 is 0 Å². The Labute approximate surface area is 79.0 Å². The quantitative estimate of drug-likeness (QED) is 0.516. The molecule has 1 aromatic carbocycles. The molecule has 0 fully saturated rings. The first-order valence-corrected chi connectivity index (χ1v) is 3.52. The summed E-state index contributed by atoms with van der Waals surface area (Å²) in [6.45, 7) is 0. The number of isocyanates is 2. The average molecular weight is 185 g/mol. The van der Waals surface area contributed by atoms with Gasteiger partial charge in [0.2, 0.25) is 12.2 Å². The summed E-state index contributed by atoms with van der Waals surface area (Å²) < 4.78 is 0. The summed E-state index contributed by atoms with van der Waals surface area (Å²) in [5, 5.41) is 8.66. The number of rotatable bonds is 2. The number of nitrogens with zero attached hydrogens (tertiary/aromatic N) is 3. The molecule has 0 unspecified atom stereocenters. The lowest BCUT2D eigenvalue weighted by atomic mass is 10.1. The molecule has 0 saturated carbocycles. The zero-order valence-corrected chi connectivity index (χ0v) is 6.89. The summed E-state index contributed by atoms with van der Waals surface area (Å²) in [6.07, 6.45) is 2.60. The highest BCUT2D eigenvalue weighted by Gasteiger charge is 2.05. The molecular weight excluding hydrogens is 182 g/mol. The highest BCUT2D eigenvalue weighted by molar-refractivity contribution is 5.74. The van der Waals surface area contributed by atoms with E-state index in [1.165, 1.54) is 30.4 Å². The van der Waals surface area contributed by atoms with Crippen LogP contribution in [0.15, 0.2) is 28.2 Å². The van der Waals surface area contributed by atoms with Crippen molar-refractivity contribution in [2.75, 3.05) is 0 Å². The van der Waals surface area contributed by atoms with E-state index >= 15 is 0 Å². The van der Waals surface area contributed by atoms with Crippen molar-refractivity contribution in [3.63, 3.8) is 0 Å². The van der Waals surface area contributed by atoms with Crippen LogP contribution in [0.5, 0.6) is 0 Å². The Hall–Kier alpha value is -2.53. The van der Waals surface area contributed by atoms with E-state index in [4.69, 9.17) is 5.26 Å². The van der Waals surface area contributed by atoms with E-state index in [1.807, 2.05) is 6.07 Å². The number of carbonyl (C=O) groups excluding carboxylic acids is 2. The number of benzene rings is 1. The minimum Gasteiger partial charge on any atom is -0.211 e. The normalized spacial score (nSPS) is 7.93. The van der Waals surface area contributed by atoms with Gasteiger partial charge in [0.05, 0.1) is 5.56 Å². The fourth-order valence-corrected chi connectivity index (χ4v) is 0.924. The van der Waals surface area contributed by atoms with Crippen LogP contribution in [0.25, 0.3) is 0 Å². The van der Waals surface area contributed by atoms with Crippen molar-refractivity contribution in [3.05, 3.63) is 23.8 Å². The van der Waals surface area contributed by atoms with Gasteiger partial charge in [-0.15, -0.1) is 0 Å². The third-order valence-electron chi connectivity index (χ3n) is 1.46. The van der Waals surface area contributed by atoms with Gasteiger partial charge in [-0.2, -0.15) is 15.2 Å². The maximum absolute atomic E-state index is 10.1. The van der Waals surface area contributed by atoms with Crippen molar-refractivity contribution in [1.29, 1.82) is 5.26 Å². The Balaban J connectivity index is 3.51. The Morgan fingerprint density at radius 2 is 1.86 bits per heavy atom. The molecule has 0 N–H and O–H groups in total. The summed E-state index contributed by atoms with van der Waals surface area (Å²) in [4.78, 5) is 26.7. The van der Waals surface area contributed by atoms with E-state index in [2.05, 4.69) is 9.98 Å². The number of para-hydroxylation sites is 1. The Morgan fingerprint density at radius 1 is 1.14 bits per heavy atom. The summed E-state index contributed by atoms with van der Waals surface area (Å²) in [7, 11) is 0. The molecule has 0 heterocycles. The highest BCUT2D eigenvalue weighted by Crippen LogP contribution is 2.30. The van der Waals surface area contributed by atoms with E-state index in [0.29, 0.717) is 0 Å². The van der Waals surface area contributed by atoms with E-state index < -0.39 is 0 Å². The fraction of sp³-hybridized carbons (Fsp3) is 0. The first-order valence-electron chi connectivity index (χ1n) is 3.52. The van der Waals surface area contributed by atoms with Crippen LogP contribution in [0, 0.1) is 11.3 Å². The minimum absolute atomic E-state index is 0.0355. The molecule has 0 aromatic heterocycles. The van der Waals surface area contributed by atoms with Gasteiger partial charge in [-0.25, -0.2) is 9.59 Å². The van der Waals surface area contributed by atoms with Crippen LogP contribution in [-0.2, 0) is 9.59 Å². The van der Waals surface area contributed by atoms with Crippen molar-refractivity contribution >= 4 is 23.5 Å². The standard InChI is InChI=1S/C9H3N3O2/c10-4-7-2-1-3-8(11-5-13)9(7)12-6-14/h1-3H. The molecule has 0 bridgehead atoms. The summed E-state index contributed by atoms with van der Waals surface area (Å²) in [5.41, 5.74) is 0.320. The largest absolute Gasteiger partial charge is 0.240 e. The molecule has 0 aliphatic carbocycles. The lowest BCUT2D eigenvalue weighted by molar-refractivity contribution is 0.564. The predicted molar refractivity (Wildman–Crippen MR) is 46.7 cm³/mol. The van der Waals surface area contributed by atoms with Crippen molar-refractivity contribution in [2.45, 2.75) is 0 Å². The monoisotopic (exact) mass is 185 g/mol. The summed E-state index contributed by atoms with van der Waals surface area (Å²) in [6, 6.07) is 6.25. The molecule has 5 heteroatoms. The Morgan fingerprint density at radius 3 is 2.43 bits per heavy atom. The van der Waals surface area contributed by atoms with Gasteiger partial charge in [0.25, 0.3) is 0 Å². The Kier molecular flexibility index (Phi) is 3.06. The highest BCUT2D eigenvalue weighted by atomic mass is 16.1. The molecule has 0 spiro atoms. The van der Waals surface area contributed by atoms with Gasteiger partial charge in [0, 0.05) is 0 Å². The van der Waals surface area contributed by atoms with E-state index in [0.717, 1.165) is 0 Å². The van der Waals surface area contributed by atoms with Gasteiger partial charge in [-0.1, -0.05) is 6.07 Å². The van der Waals surface area contributed by atoms with Crippen molar-refractivity contribution in [3.8, 4) is 6.07 Å². The molecule has 0 aliphatic rings. The van der Waals surface area contributed by atoms with Gasteiger partial charge in [-0.05, 0) is 12.1 Å². The number of aliphatic imine (C=N–C) groups is 2. The average Bonchev–Trinajstić information content (AvgIpc) is 2.21. The molecule has 0 amide bonds. The summed E-state index contributed by atoms with van der Waals surface area (Å²) >= 11 is 0. The van der Waals surface area contributed by atoms with Crippen LogP contribution in [0.3, 0.4) is 0 Å². The van der Waals surface area contributed by atoms with Crippen LogP contribution < -0.4 is 0 Å². The van der Waals surface area contributed by atoms with Gasteiger partial charge in [0.1, 0.15) is 17.4 Å². The third kappa shape index (κ3) is 1.79. The topological polar surface area (TPSA) is 82.7 Å². The fourth-order valence-electron chi connectivity index (χ4n) is 0.924. The van der Waals surface area contributed by atoms with Crippen molar-refractivity contribution in [1.82, 2.24) is 0 Å². The lowest BCUT2D eigenvalue weighted by Gasteiger charge is -1.97. The Bertz CT molecular complexity index is 489. The zero-order valence-electron chi connectivity index (χ0n) is 6.89. The second-order valence-corrected chi connectivity index (χ2v) is 2.19. The van der Waals surface area contributed by atoms with E-state index in [-0.39, 0.29) is 16.9 Å². The van der Waals surface area contributed by atoms with Crippen LogP contribution in [0.2, 0.25) is 0 Å². The molecule has 66 valence electrons. The zero-order chi connectivity index (χ0) is 10.4. The third-order valence-corrected chi connectivity index (χ3v) is 1.46. The first-order chi connectivity index (χ1) is 6.83. The number of hydrogen-bond acceptors (Lipinski definition) is 5. The summed E-state index contributed by atoms with van der Waals surface area (Å²) in [5.74, 6) is 0. The molecule has 5 nitrogen and oxygen atoms in total. The van der Waals surface area contributed by atoms with E-state index in [9.17, 15) is 9.59 Å². The lowest BCUT2D eigenvalue weighted by Crippen LogP contribution is -1.76. The van der Waals surface area contributed by atoms with Crippen LogP contribution in [0.4, 0.5) is 11.4 Å². The molecule has 0 radical (unpaired) electrons. The number of nitriles is 1. The smallest absolute Gasteiger partial charge is 0.211 e. The van der Waals surface area contributed by atoms with Crippen LogP contribution in [0.1, 0.15) is 5.56 Å². The molecular formula is C9H3N3O2. The maximum atomic E-state index is 10.1. The molecule has 0 aliphatic heterocycles. The van der Waals surface area contributed by atoms with Crippen molar-refractivity contribution in [2.24, 2.45) is 9.98 Å². The van der Waals surface area contributed by atoms with Gasteiger partial charge >= 0.3 is 0 Å². The van der Waals surface area contributed by atoms with Gasteiger partial charge < -0.3 is 0 Å². The maximum Gasteiger partial charge on any atom is 0.240 e. The van der Waals surface area contributed by atoms with Gasteiger partial charge in [0.15, 0.2) is 0 Å². The first kappa shape index (κ1) is 9.56. The molecule has 1 rings (SSSR count). The van der Waals surface area contributed by atoms with Gasteiger partial charge in [-0.3, -0.25) is 0 Å². The predicted octanol–water partition coefficient (Wildman–Crippen LogP) is 1.49. The van der Waals surface area contributed by atoms with Crippen molar-refractivity contribution < 1.29 is 9.59 Å². The molecule has 1 aromatic rings. The molecule has 0 saturated heterocycles. The number of hydrogen-bond donors (Lipinski definition) is 0. The SMILES string of the molecule is N#Cc1cccc(N=C=O)c1N=C=O. The molecule has 0 atom stereocenters. The van der Waals surface area contributed by atoms with Crippen LogP contribution in [-0.4, -0.2) is 12.2 Å². The minimum atomic E-state index is 0.0355. The molecule has 14 heavy (non-hydrogen) atoms. The van der Waals surface area contributed by atoms with E-state index in [1.54, 1.807) is 0 Å². The second kappa shape index (κ2) is 4.48. The second-order valence-electron chi connectivity index (χ2n) is 2.19.